The van der Waals surface area contributed by atoms with Crippen LogP contribution in [-0.2, 0) is 23.8 Å². The van der Waals surface area contributed by atoms with E-state index in [1.165, 1.54) is 10.8 Å². The lowest BCUT2D eigenvalue weighted by Gasteiger charge is -2.26. The molecule has 0 aromatic heterocycles. The summed E-state index contributed by atoms with van der Waals surface area (Å²) in [5.41, 5.74) is -2.00. The van der Waals surface area contributed by atoms with Crippen LogP contribution in [-0.4, -0.2) is 55.2 Å². The van der Waals surface area contributed by atoms with Gasteiger partial charge in [-0.2, -0.15) is 0 Å². The van der Waals surface area contributed by atoms with E-state index in [4.69, 9.17) is 27.1 Å². The summed E-state index contributed by atoms with van der Waals surface area (Å²) in [4.78, 5) is 24.3. The van der Waals surface area contributed by atoms with Crippen LogP contribution in [0.25, 0.3) is 0 Å². The Morgan fingerprint density at radius 3 is 2.17 bits per heavy atom. The maximum atomic E-state index is 12.1. The maximum absolute atomic E-state index is 12.1. The molecule has 0 fully saturated rings. The van der Waals surface area contributed by atoms with E-state index in [2.05, 4.69) is 18.8 Å². The first-order valence-electron chi connectivity index (χ1n) is 6.90. The lowest BCUT2D eigenvalue weighted by molar-refractivity contribution is -0.178. The zero-order chi connectivity index (χ0) is 18.3. The van der Waals surface area contributed by atoms with E-state index in [1.807, 2.05) is 0 Å². The van der Waals surface area contributed by atoms with Gasteiger partial charge in [-0.05, 0) is 16.2 Å². The summed E-state index contributed by atoms with van der Waals surface area (Å²) in [6, 6.07) is 0. The summed E-state index contributed by atoms with van der Waals surface area (Å²) in [6.07, 6.45) is 11.1. The maximum Gasteiger partial charge on any atom is 0.329 e. The summed E-state index contributed by atoms with van der Waals surface area (Å²) in [6.45, 7) is 0.168. The summed E-state index contributed by atoms with van der Waals surface area (Å²) in [7, 11) is 4.63. The third kappa shape index (κ3) is 8.22. The van der Waals surface area contributed by atoms with E-state index in [9.17, 15) is 14.7 Å². The lowest BCUT2D eigenvalue weighted by Crippen LogP contribution is -2.48. The number of rotatable bonds is 13. The molecule has 0 rings (SSSR count). The second-order valence-corrected chi connectivity index (χ2v) is 8.57. The molecule has 0 aliphatic rings. The fourth-order valence-corrected chi connectivity index (χ4v) is 4.59. The minimum Gasteiger partial charge on any atom is -0.452 e. The topological polar surface area (TPSA) is 82.1 Å². The molecule has 24 heavy (non-hydrogen) atoms. The lowest BCUT2D eigenvalue weighted by atomic mass is 9.90. The van der Waals surface area contributed by atoms with Crippen LogP contribution in [0.1, 0.15) is 13.3 Å². The first-order chi connectivity index (χ1) is 11.6. The molecule has 0 aromatic carbocycles. The predicted octanol–water partition coefficient (Wildman–Crippen LogP) is 1.73. The van der Waals surface area contributed by atoms with E-state index in [0.717, 1.165) is 12.2 Å². The van der Waals surface area contributed by atoms with Gasteiger partial charge in [-0.25, -0.2) is 0 Å². The second kappa shape index (κ2) is 14.4. The quantitative estimate of drug-likeness (QED) is 0.126. The zero-order valence-corrected chi connectivity index (χ0v) is 15.8. The normalized spacial score (nSPS) is 10.5. The van der Waals surface area contributed by atoms with Crippen molar-refractivity contribution in [3.8, 4) is 24.7 Å². The van der Waals surface area contributed by atoms with Crippen LogP contribution in [0.4, 0.5) is 0 Å². The van der Waals surface area contributed by atoms with Crippen LogP contribution in [0.15, 0.2) is 0 Å². The number of aliphatic hydroxyl groups is 1. The van der Waals surface area contributed by atoms with Gasteiger partial charge in [0.2, 0.25) is 5.41 Å². The van der Waals surface area contributed by atoms with Crippen LogP contribution in [0.2, 0.25) is 0 Å². The van der Waals surface area contributed by atoms with Gasteiger partial charge in [0.15, 0.2) is 13.2 Å². The fourth-order valence-electron chi connectivity index (χ4n) is 1.29. The number of terminal acetylenes is 2. The van der Waals surface area contributed by atoms with Crippen molar-refractivity contribution in [1.29, 1.82) is 0 Å². The molecular weight excluding hydrogens is 372 g/mol. The first kappa shape index (κ1) is 23.0. The standard InChI is InChI=1S/C15H20O6S3/c1-4-7-20-13(17)15(10-16,14(18)21-8-5-2)11-19-12-23-24-22-9-6-3/h1-2,16H,6-12H2,3H3. The number of aliphatic hydroxyl groups excluding tert-OH is 1. The average molecular weight is 393 g/mol. The number of esters is 2. The number of carbonyl (C=O) groups is 2. The number of ether oxygens (including phenoxy) is 3. The Morgan fingerprint density at radius 2 is 1.71 bits per heavy atom. The summed E-state index contributed by atoms with van der Waals surface area (Å²) < 4.78 is 14.9. The average Bonchev–Trinajstić information content (AvgIpc) is 2.60. The van der Waals surface area contributed by atoms with Crippen LogP contribution < -0.4 is 0 Å². The van der Waals surface area contributed by atoms with E-state index in [0.29, 0.717) is 0 Å². The molecule has 6 nitrogen and oxygen atoms in total. The summed E-state index contributed by atoms with van der Waals surface area (Å²) >= 11 is 0. The van der Waals surface area contributed by atoms with Crippen LogP contribution in [0.5, 0.6) is 0 Å². The molecule has 0 radical (unpaired) electrons. The molecule has 0 unspecified atom stereocenters. The van der Waals surface area contributed by atoms with Crippen molar-refractivity contribution in [3.63, 3.8) is 0 Å². The smallest absolute Gasteiger partial charge is 0.329 e. The molecule has 0 heterocycles. The van der Waals surface area contributed by atoms with Crippen LogP contribution in [0, 0.1) is 30.1 Å². The van der Waals surface area contributed by atoms with Gasteiger partial charge in [0.25, 0.3) is 0 Å². The van der Waals surface area contributed by atoms with Gasteiger partial charge in [0.1, 0.15) is 5.94 Å². The van der Waals surface area contributed by atoms with Crippen molar-refractivity contribution in [1.82, 2.24) is 0 Å². The molecular formula is C15H20O6S3. The second-order valence-electron chi connectivity index (χ2n) is 4.27. The number of hydrogen-bond donors (Lipinski definition) is 1. The minimum absolute atomic E-state index is 0.216. The Balaban J connectivity index is 4.72. The highest BCUT2D eigenvalue weighted by molar-refractivity contribution is 9.09. The van der Waals surface area contributed by atoms with Gasteiger partial charge in [-0.15, -0.1) is 12.8 Å². The Morgan fingerprint density at radius 1 is 1.12 bits per heavy atom. The fraction of sp³-hybridized carbons (Fsp3) is 0.600. The molecule has 0 bridgehead atoms. The van der Waals surface area contributed by atoms with Gasteiger partial charge >= 0.3 is 11.9 Å². The van der Waals surface area contributed by atoms with Crippen molar-refractivity contribution in [3.05, 3.63) is 0 Å². The SMILES string of the molecule is C#CCOC(=O)C(CO)(COCSSSCCC)C(=O)OCC#C. The summed E-state index contributed by atoms with van der Waals surface area (Å²) in [5, 5.41) is 9.59. The van der Waals surface area contributed by atoms with Gasteiger partial charge < -0.3 is 19.3 Å². The van der Waals surface area contributed by atoms with E-state index in [1.54, 1.807) is 20.6 Å². The molecule has 0 atom stereocenters. The molecule has 0 amide bonds. The largest absolute Gasteiger partial charge is 0.452 e. The molecule has 0 spiro atoms. The van der Waals surface area contributed by atoms with Gasteiger partial charge in [-0.3, -0.25) is 9.59 Å². The monoisotopic (exact) mass is 392 g/mol. The predicted molar refractivity (Wildman–Crippen MR) is 97.9 cm³/mol. The molecule has 0 aromatic rings. The molecule has 1 N–H and O–H groups in total. The highest BCUT2D eigenvalue weighted by Crippen LogP contribution is 2.35. The number of hydrogen-bond acceptors (Lipinski definition) is 9. The van der Waals surface area contributed by atoms with Gasteiger partial charge in [-0.1, -0.05) is 40.4 Å². The van der Waals surface area contributed by atoms with Crippen molar-refractivity contribution < 1.29 is 28.9 Å². The Kier molecular flexibility index (Phi) is 13.8. The van der Waals surface area contributed by atoms with Crippen LogP contribution in [0.3, 0.4) is 0 Å². The third-order valence-corrected chi connectivity index (χ3v) is 6.62. The Labute approximate surface area is 153 Å². The number of carbonyl (C=O) groups excluding carboxylic acids is 2. The highest BCUT2D eigenvalue weighted by atomic mass is 33.5. The van der Waals surface area contributed by atoms with Crippen molar-refractivity contribution in [2.24, 2.45) is 5.41 Å². The van der Waals surface area contributed by atoms with Gasteiger partial charge in [0.05, 0.1) is 13.2 Å². The van der Waals surface area contributed by atoms with E-state index >= 15 is 0 Å². The molecule has 0 saturated heterocycles. The highest BCUT2D eigenvalue weighted by Gasteiger charge is 2.49. The summed E-state index contributed by atoms with van der Waals surface area (Å²) in [5.74, 6) is 3.43. The minimum atomic E-state index is -2.00. The molecule has 0 aliphatic carbocycles. The van der Waals surface area contributed by atoms with Crippen molar-refractivity contribution in [2.45, 2.75) is 13.3 Å². The zero-order valence-electron chi connectivity index (χ0n) is 13.3. The third-order valence-electron chi connectivity index (χ3n) is 2.49. The van der Waals surface area contributed by atoms with Crippen LogP contribution >= 0.6 is 31.4 Å². The Hall–Kier alpha value is -0.970. The first-order valence-corrected chi connectivity index (χ1v) is 10.7. The van der Waals surface area contributed by atoms with E-state index in [-0.39, 0.29) is 19.2 Å². The molecule has 0 saturated carbocycles. The van der Waals surface area contributed by atoms with Gasteiger partial charge in [0, 0.05) is 5.75 Å². The van der Waals surface area contributed by atoms with E-state index < -0.39 is 30.6 Å². The van der Waals surface area contributed by atoms with Crippen molar-refractivity contribution >= 4 is 43.4 Å². The van der Waals surface area contributed by atoms with Crippen molar-refractivity contribution in [2.75, 3.05) is 38.1 Å². The molecule has 134 valence electrons. The molecule has 9 heteroatoms. The Bertz CT molecular complexity index is 439. The molecule has 0 aliphatic heterocycles.